The molecule has 1 atom stereocenters. The number of benzene rings is 2. The van der Waals surface area contributed by atoms with Crippen LogP contribution in [0.1, 0.15) is 11.6 Å². The average Bonchev–Trinajstić information content (AvgIpc) is 2.39. The van der Waals surface area contributed by atoms with E-state index in [4.69, 9.17) is 5.26 Å². The Kier molecular flexibility index (Phi) is 3.27. The van der Waals surface area contributed by atoms with E-state index in [-0.39, 0.29) is 5.75 Å². The fourth-order valence-electron chi connectivity index (χ4n) is 1.58. The summed E-state index contributed by atoms with van der Waals surface area (Å²) in [6.07, 6.45) is 0. The normalized spacial score (nSPS) is 11.5. The molecule has 3 heteroatoms. The van der Waals surface area contributed by atoms with Crippen molar-refractivity contribution in [2.45, 2.75) is 6.04 Å². The van der Waals surface area contributed by atoms with Gasteiger partial charge in [-0.1, -0.05) is 54.3 Å². The van der Waals surface area contributed by atoms with E-state index in [1.54, 1.807) is 18.2 Å². The van der Waals surface area contributed by atoms with Gasteiger partial charge >= 0.3 is 0 Å². The molecule has 17 heavy (non-hydrogen) atoms. The van der Waals surface area contributed by atoms with Gasteiger partial charge in [-0.05, 0) is 11.6 Å². The molecule has 2 aromatic rings. The number of rotatable bonds is 3. The quantitative estimate of drug-likeness (QED) is 0.869. The first-order valence-electron chi connectivity index (χ1n) is 5.28. The van der Waals surface area contributed by atoms with Gasteiger partial charge in [0.1, 0.15) is 6.04 Å². The number of hydrogen-bond donors (Lipinski definition) is 1. The molecule has 0 aliphatic carbocycles. The van der Waals surface area contributed by atoms with E-state index in [0.29, 0.717) is 5.69 Å². The van der Waals surface area contributed by atoms with E-state index in [0.717, 1.165) is 5.56 Å². The van der Waals surface area contributed by atoms with Crippen LogP contribution in [0.25, 0.3) is 0 Å². The fraction of sp³-hybridized carbons (Fsp3) is 0.0714. The highest BCUT2D eigenvalue weighted by Crippen LogP contribution is 2.24. The lowest BCUT2D eigenvalue weighted by atomic mass is 10.1. The molecule has 3 nitrogen and oxygen atoms in total. The monoisotopic (exact) mass is 223 g/mol. The smallest absolute Gasteiger partial charge is 0.140 e. The number of anilines is 1. The molecule has 0 heterocycles. The minimum atomic E-state index is -0.508. The Hall–Kier alpha value is -2.47. The molecule has 84 valence electrons. The molecule has 0 fully saturated rings. The zero-order chi connectivity index (χ0) is 12.1. The van der Waals surface area contributed by atoms with Crippen molar-refractivity contribution in [1.29, 1.82) is 5.26 Å². The maximum absolute atomic E-state index is 11.5. The fourth-order valence-corrected chi connectivity index (χ4v) is 1.58. The van der Waals surface area contributed by atoms with Crippen molar-refractivity contribution >= 4 is 5.69 Å². The minimum Gasteiger partial charge on any atom is -0.871 e. The van der Waals surface area contributed by atoms with Gasteiger partial charge in [0.05, 0.1) is 6.07 Å². The Balaban J connectivity index is 2.23. The summed E-state index contributed by atoms with van der Waals surface area (Å²) in [5.74, 6) is -0.108. The molecule has 0 aliphatic heterocycles. The van der Waals surface area contributed by atoms with E-state index in [9.17, 15) is 5.11 Å². The Morgan fingerprint density at radius 2 is 1.65 bits per heavy atom. The van der Waals surface area contributed by atoms with E-state index < -0.39 is 6.04 Å². The van der Waals surface area contributed by atoms with Crippen molar-refractivity contribution < 1.29 is 5.11 Å². The summed E-state index contributed by atoms with van der Waals surface area (Å²) in [5.41, 5.74) is 1.29. The molecule has 0 radical (unpaired) electrons. The molecule has 0 aliphatic rings. The molecular weight excluding hydrogens is 212 g/mol. The molecule has 2 rings (SSSR count). The van der Waals surface area contributed by atoms with Gasteiger partial charge in [0.2, 0.25) is 0 Å². The first-order valence-corrected chi connectivity index (χ1v) is 5.28. The van der Waals surface area contributed by atoms with Crippen LogP contribution >= 0.6 is 0 Å². The summed E-state index contributed by atoms with van der Waals surface area (Å²) in [4.78, 5) is 0. The zero-order valence-electron chi connectivity index (χ0n) is 9.13. The maximum Gasteiger partial charge on any atom is 0.140 e. The SMILES string of the molecule is N#CC(Nc1ccccc1[O-])c1ccccc1. The van der Waals surface area contributed by atoms with Gasteiger partial charge < -0.3 is 10.4 Å². The van der Waals surface area contributed by atoms with Crippen molar-refractivity contribution in [3.63, 3.8) is 0 Å². The zero-order valence-corrected chi connectivity index (χ0v) is 9.13. The number of para-hydroxylation sites is 2. The summed E-state index contributed by atoms with van der Waals surface area (Å²) >= 11 is 0. The Morgan fingerprint density at radius 3 is 2.29 bits per heavy atom. The van der Waals surface area contributed by atoms with E-state index in [1.807, 2.05) is 30.3 Å². The molecule has 1 unspecified atom stereocenters. The molecule has 0 saturated heterocycles. The summed E-state index contributed by atoms with van der Waals surface area (Å²) in [6.45, 7) is 0. The van der Waals surface area contributed by atoms with Crippen LogP contribution in [0, 0.1) is 11.3 Å². The van der Waals surface area contributed by atoms with Crippen LogP contribution in [0.5, 0.6) is 5.75 Å². The molecule has 0 aromatic heterocycles. The Bertz CT molecular complexity index is 531. The lowest BCUT2D eigenvalue weighted by Gasteiger charge is -2.18. The molecule has 0 amide bonds. The van der Waals surface area contributed by atoms with Crippen molar-refractivity contribution in [3.8, 4) is 11.8 Å². The molecule has 2 aromatic carbocycles. The number of hydrogen-bond acceptors (Lipinski definition) is 3. The first-order chi connectivity index (χ1) is 8.31. The van der Waals surface area contributed by atoms with Crippen LogP contribution < -0.4 is 10.4 Å². The lowest BCUT2D eigenvalue weighted by Crippen LogP contribution is -2.10. The molecular formula is C14H11N2O-. The van der Waals surface area contributed by atoms with E-state index in [2.05, 4.69) is 11.4 Å². The lowest BCUT2D eigenvalue weighted by molar-refractivity contribution is -0.267. The number of nitrogens with zero attached hydrogens (tertiary/aromatic N) is 1. The topological polar surface area (TPSA) is 58.9 Å². The van der Waals surface area contributed by atoms with Crippen molar-refractivity contribution in [3.05, 3.63) is 60.2 Å². The van der Waals surface area contributed by atoms with Crippen LogP contribution in [0.3, 0.4) is 0 Å². The third-order valence-electron chi connectivity index (χ3n) is 2.45. The van der Waals surface area contributed by atoms with Crippen LogP contribution in [-0.4, -0.2) is 0 Å². The van der Waals surface area contributed by atoms with E-state index >= 15 is 0 Å². The van der Waals surface area contributed by atoms with Crippen molar-refractivity contribution in [2.75, 3.05) is 5.32 Å². The van der Waals surface area contributed by atoms with Crippen LogP contribution in [0.4, 0.5) is 5.69 Å². The summed E-state index contributed by atoms with van der Waals surface area (Å²) in [7, 11) is 0. The highest BCUT2D eigenvalue weighted by Gasteiger charge is 2.09. The van der Waals surface area contributed by atoms with Gasteiger partial charge in [-0.2, -0.15) is 5.26 Å². The Morgan fingerprint density at radius 1 is 1.00 bits per heavy atom. The number of nitriles is 1. The highest BCUT2D eigenvalue weighted by atomic mass is 16.3. The largest absolute Gasteiger partial charge is 0.871 e. The first kappa shape index (κ1) is 11.0. The van der Waals surface area contributed by atoms with Gasteiger partial charge in [0, 0.05) is 5.69 Å². The maximum atomic E-state index is 11.5. The third-order valence-corrected chi connectivity index (χ3v) is 2.45. The second-order valence-corrected chi connectivity index (χ2v) is 3.61. The highest BCUT2D eigenvalue weighted by molar-refractivity contribution is 5.56. The van der Waals surface area contributed by atoms with Gasteiger partial charge in [0.25, 0.3) is 0 Å². The minimum absolute atomic E-state index is 0.108. The van der Waals surface area contributed by atoms with Crippen LogP contribution in [0.2, 0.25) is 0 Å². The third kappa shape index (κ3) is 2.56. The van der Waals surface area contributed by atoms with Crippen molar-refractivity contribution in [2.24, 2.45) is 0 Å². The summed E-state index contributed by atoms with van der Waals surface area (Å²) in [6, 6.07) is 17.6. The van der Waals surface area contributed by atoms with Gasteiger partial charge in [-0.3, -0.25) is 0 Å². The summed E-state index contributed by atoms with van der Waals surface area (Å²) < 4.78 is 0. The predicted molar refractivity (Wildman–Crippen MR) is 64.3 cm³/mol. The molecule has 0 saturated carbocycles. The van der Waals surface area contributed by atoms with Gasteiger partial charge in [-0.15, -0.1) is 0 Å². The molecule has 1 N–H and O–H groups in total. The second-order valence-electron chi connectivity index (χ2n) is 3.61. The van der Waals surface area contributed by atoms with Crippen LogP contribution in [-0.2, 0) is 0 Å². The van der Waals surface area contributed by atoms with Crippen LogP contribution in [0.15, 0.2) is 54.6 Å². The van der Waals surface area contributed by atoms with Crippen molar-refractivity contribution in [1.82, 2.24) is 0 Å². The Labute approximate surface area is 100.0 Å². The molecule has 0 bridgehead atoms. The van der Waals surface area contributed by atoms with Gasteiger partial charge in [0.15, 0.2) is 0 Å². The van der Waals surface area contributed by atoms with E-state index in [1.165, 1.54) is 6.07 Å². The second kappa shape index (κ2) is 5.04. The molecule has 0 spiro atoms. The number of nitrogens with one attached hydrogen (secondary N) is 1. The summed E-state index contributed by atoms with van der Waals surface area (Å²) in [5, 5.41) is 23.6. The van der Waals surface area contributed by atoms with Gasteiger partial charge in [-0.25, -0.2) is 0 Å². The average molecular weight is 223 g/mol. The standard InChI is InChI=1S/C14H12N2O/c15-10-13(11-6-2-1-3-7-11)16-12-8-4-5-9-14(12)17/h1-9,13,16-17H/p-1. The predicted octanol–water partition coefficient (Wildman–Crippen LogP) is 2.44.